The summed E-state index contributed by atoms with van der Waals surface area (Å²) in [7, 11) is 0. The molecule has 182 valence electrons. The molecular weight excluding hydrogens is 432 g/mol. The van der Waals surface area contributed by atoms with Crippen molar-refractivity contribution < 1.29 is 4.79 Å². The smallest absolute Gasteiger partial charge is 0.271 e. The van der Waals surface area contributed by atoms with Gasteiger partial charge in [-0.25, -0.2) is 5.43 Å². The molecule has 3 aromatic rings. The van der Waals surface area contributed by atoms with Crippen molar-refractivity contribution in [2.45, 2.75) is 39.7 Å². The van der Waals surface area contributed by atoms with E-state index in [1.165, 1.54) is 16.8 Å². The largest absolute Gasteiger partial charge is 0.369 e. The average molecular weight is 469 g/mol. The summed E-state index contributed by atoms with van der Waals surface area (Å²) in [6, 6.07) is 26.8. The fourth-order valence-corrected chi connectivity index (χ4v) is 4.30. The molecule has 0 unspecified atom stereocenters. The summed E-state index contributed by atoms with van der Waals surface area (Å²) >= 11 is 0. The van der Waals surface area contributed by atoms with E-state index >= 15 is 0 Å². The lowest BCUT2D eigenvalue weighted by Crippen LogP contribution is -2.45. The number of hydrazone groups is 1. The molecule has 0 bridgehead atoms. The van der Waals surface area contributed by atoms with Gasteiger partial charge in [-0.05, 0) is 53.3 Å². The predicted molar refractivity (Wildman–Crippen MR) is 145 cm³/mol. The highest BCUT2D eigenvalue weighted by Crippen LogP contribution is 2.22. The maximum absolute atomic E-state index is 12.6. The lowest BCUT2D eigenvalue weighted by molar-refractivity contribution is 0.0955. The van der Waals surface area contributed by atoms with Crippen LogP contribution in [0.1, 0.15) is 54.7 Å². The van der Waals surface area contributed by atoms with Crippen LogP contribution >= 0.6 is 0 Å². The second-order valence-corrected chi connectivity index (χ2v) is 10.3. The number of hydrogen-bond donors (Lipinski definition) is 1. The molecule has 1 aliphatic rings. The van der Waals surface area contributed by atoms with Crippen molar-refractivity contribution in [2.75, 3.05) is 31.1 Å². The molecule has 4 rings (SSSR count). The van der Waals surface area contributed by atoms with Gasteiger partial charge in [0.05, 0.1) is 5.71 Å². The Bertz CT molecular complexity index is 1140. The fourth-order valence-electron chi connectivity index (χ4n) is 4.30. The first-order valence-electron chi connectivity index (χ1n) is 12.4. The van der Waals surface area contributed by atoms with E-state index in [1.807, 2.05) is 31.2 Å². The standard InChI is InChI=1S/C30H36N4O/c1-23(25-14-16-27(17-15-25)30(2,3)4)31-32-29(35)26-12-10-24(11-13-26)22-33-18-20-34(21-19-33)28-8-6-5-7-9-28/h5-17H,18-22H2,1-4H3,(H,32,35). The number of hydrogen-bond acceptors (Lipinski definition) is 4. The zero-order valence-electron chi connectivity index (χ0n) is 21.3. The first kappa shape index (κ1) is 24.7. The zero-order valence-corrected chi connectivity index (χ0v) is 21.3. The molecule has 1 aliphatic heterocycles. The monoisotopic (exact) mass is 468 g/mol. The van der Waals surface area contributed by atoms with Crippen LogP contribution in [0.2, 0.25) is 0 Å². The first-order chi connectivity index (χ1) is 16.8. The molecule has 35 heavy (non-hydrogen) atoms. The van der Waals surface area contributed by atoms with Crippen LogP contribution in [-0.4, -0.2) is 42.7 Å². The fraction of sp³-hybridized carbons (Fsp3) is 0.333. The molecule has 0 aliphatic carbocycles. The number of para-hydroxylation sites is 1. The number of nitrogens with one attached hydrogen (secondary N) is 1. The molecule has 5 heteroatoms. The van der Waals surface area contributed by atoms with E-state index in [1.54, 1.807) is 0 Å². The molecule has 1 saturated heterocycles. The Labute approximate surface area is 209 Å². The lowest BCUT2D eigenvalue weighted by Gasteiger charge is -2.36. The Hall–Kier alpha value is -3.44. The van der Waals surface area contributed by atoms with Gasteiger partial charge in [-0.1, -0.05) is 75.4 Å². The van der Waals surface area contributed by atoms with Gasteiger partial charge in [0.25, 0.3) is 5.91 Å². The van der Waals surface area contributed by atoms with Gasteiger partial charge in [-0.2, -0.15) is 5.10 Å². The second-order valence-electron chi connectivity index (χ2n) is 10.3. The molecule has 0 saturated carbocycles. The summed E-state index contributed by atoms with van der Waals surface area (Å²) in [4.78, 5) is 17.5. The number of carbonyl (C=O) groups is 1. The van der Waals surface area contributed by atoms with Crippen molar-refractivity contribution in [1.82, 2.24) is 10.3 Å². The van der Waals surface area contributed by atoms with E-state index in [0.717, 1.165) is 44.0 Å². The number of benzene rings is 3. The molecule has 1 amide bonds. The Balaban J connectivity index is 1.28. The van der Waals surface area contributed by atoms with Crippen molar-refractivity contribution in [3.63, 3.8) is 0 Å². The molecule has 0 aromatic heterocycles. The third-order valence-electron chi connectivity index (χ3n) is 6.61. The minimum Gasteiger partial charge on any atom is -0.369 e. The van der Waals surface area contributed by atoms with E-state index in [0.29, 0.717) is 5.56 Å². The van der Waals surface area contributed by atoms with Crippen LogP contribution in [0.3, 0.4) is 0 Å². The minimum atomic E-state index is -0.196. The summed E-state index contributed by atoms with van der Waals surface area (Å²) in [6.45, 7) is 13.5. The number of amides is 1. The van der Waals surface area contributed by atoms with Crippen molar-refractivity contribution in [3.8, 4) is 0 Å². The van der Waals surface area contributed by atoms with Crippen molar-refractivity contribution >= 4 is 17.3 Å². The highest BCUT2D eigenvalue weighted by atomic mass is 16.2. The molecule has 3 aromatic carbocycles. The number of anilines is 1. The van der Waals surface area contributed by atoms with Crippen LogP contribution < -0.4 is 10.3 Å². The van der Waals surface area contributed by atoms with E-state index < -0.39 is 0 Å². The third kappa shape index (κ3) is 6.58. The van der Waals surface area contributed by atoms with Crippen molar-refractivity contribution in [2.24, 2.45) is 5.10 Å². The molecule has 0 spiro atoms. The highest BCUT2D eigenvalue weighted by Gasteiger charge is 2.17. The molecule has 0 atom stereocenters. The Morgan fingerprint density at radius 3 is 2.03 bits per heavy atom. The number of piperazine rings is 1. The Kier molecular flexibility index (Phi) is 7.67. The Morgan fingerprint density at radius 1 is 0.829 bits per heavy atom. The lowest BCUT2D eigenvalue weighted by atomic mass is 9.86. The average Bonchev–Trinajstić information content (AvgIpc) is 2.88. The Morgan fingerprint density at radius 2 is 1.43 bits per heavy atom. The van der Waals surface area contributed by atoms with Crippen molar-refractivity contribution in [3.05, 3.63) is 101 Å². The first-order valence-corrected chi connectivity index (χ1v) is 12.4. The van der Waals surface area contributed by atoms with Crippen LogP contribution in [0.5, 0.6) is 0 Å². The summed E-state index contributed by atoms with van der Waals surface area (Å²) in [6.07, 6.45) is 0. The third-order valence-corrected chi connectivity index (χ3v) is 6.61. The summed E-state index contributed by atoms with van der Waals surface area (Å²) in [5.74, 6) is -0.196. The topological polar surface area (TPSA) is 47.9 Å². The SMILES string of the molecule is CC(=NNC(=O)c1ccc(CN2CCN(c3ccccc3)CC2)cc1)c1ccc(C(C)(C)C)cc1. The number of carbonyl (C=O) groups excluding carboxylic acids is 1. The van der Waals surface area contributed by atoms with Crippen LogP contribution in [0, 0.1) is 0 Å². The van der Waals surface area contributed by atoms with Gasteiger partial charge >= 0.3 is 0 Å². The minimum absolute atomic E-state index is 0.112. The van der Waals surface area contributed by atoms with Gasteiger partial charge in [-0.3, -0.25) is 9.69 Å². The van der Waals surface area contributed by atoms with Crippen LogP contribution in [-0.2, 0) is 12.0 Å². The van der Waals surface area contributed by atoms with Gasteiger partial charge in [0.15, 0.2) is 0 Å². The molecule has 1 N–H and O–H groups in total. The van der Waals surface area contributed by atoms with Gasteiger partial charge in [0.1, 0.15) is 0 Å². The van der Waals surface area contributed by atoms with Crippen LogP contribution in [0.4, 0.5) is 5.69 Å². The van der Waals surface area contributed by atoms with Gasteiger partial charge < -0.3 is 4.90 Å². The molecule has 1 fully saturated rings. The molecule has 0 radical (unpaired) electrons. The maximum Gasteiger partial charge on any atom is 0.271 e. The summed E-state index contributed by atoms with van der Waals surface area (Å²) in [5, 5.41) is 4.31. The summed E-state index contributed by atoms with van der Waals surface area (Å²) in [5.41, 5.74) is 8.99. The van der Waals surface area contributed by atoms with E-state index in [2.05, 4.69) is 95.7 Å². The van der Waals surface area contributed by atoms with Crippen molar-refractivity contribution in [1.29, 1.82) is 0 Å². The normalized spacial score (nSPS) is 15.2. The van der Waals surface area contributed by atoms with Gasteiger partial charge in [0.2, 0.25) is 0 Å². The molecule has 5 nitrogen and oxygen atoms in total. The van der Waals surface area contributed by atoms with E-state index in [9.17, 15) is 4.79 Å². The predicted octanol–water partition coefficient (Wildman–Crippen LogP) is 5.46. The van der Waals surface area contributed by atoms with Gasteiger partial charge in [0, 0.05) is 44.0 Å². The second kappa shape index (κ2) is 10.9. The van der Waals surface area contributed by atoms with E-state index in [-0.39, 0.29) is 11.3 Å². The van der Waals surface area contributed by atoms with Gasteiger partial charge in [-0.15, -0.1) is 0 Å². The quantitative estimate of drug-likeness (QED) is 0.386. The number of rotatable bonds is 6. The zero-order chi connectivity index (χ0) is 24.8. The summed E-state index contributed by atoms with van der Waals surface area (Å²) < 4.78 is 0. The van der Waals surface area contributed by atoms with Crippen LogP contribution in [0.25, 0.3) is 0 Å². The van der Waals surface area contributed by atoms with Crippen LogP contribution in [0.15, 0.2) is 84.0 Å². The highest BCUT2D eigenvalue weighted by molar-refractivity contribution is 6.00. The van der Waals surface area contributed by atoms with E-state index in [4.69, 9.17) is 0 Å². The molecular formula is C30H36N4O. The molecule has 1 heterocycles. The number of nitrogens with zero attached hydrogens (tertiary/aromatic N) is 3. The maximum atomic E-state index is 12.6.